The van der Waals surface area contributed by atoms with Crippen molar-refractivity contribution in [3.8, 4) is 0 Å². The first-order valence-corrected chi connectivity index (χ1v) is 9.11. The van der Waals surface area contributed by atoms with Crippen molar-refractivity contribution in [2.24, 2.45) is 0 Å². The van der Waals surface area contributed by atoms with Crippen LogP contribution in [0.15, 0.2) is 14.7 Å². The van der Waals surface area contributed by atoms with E-state index in [1.54, 1.807) is 0 Å². The molecule has 2 fully saturated rings. The quantitative estimate of drug-likeness (QED) is 0.862. The number of carboxylic acid groups (broad SMARTS) is 1. The Labute approximate surface area is 128 Å². The number of sulfonamides is 1. The van der Waals surface area contributed by atoms with Crippen LogP contribution in [0.1, 0.15) is 22.5 Å². The molecule has 1 aromatic rings. The highest BCUT2D eigenvalue weighted by Crippen LogP contribution is 2.36. The predicted octanol–water partition coefficient (Wildman–Crippen LogP) is 1.76. The van der Waals surface area contributed by atoms with Crippen LogP contribution in [0.4, 0.5) is 0 Å². The molecular formula is C11H12BrNO5S2. The molecule has 3 heterocycles. The van der Waals surface area contributed by atoms with E-state index in [0.717, 1.165) is 24.2 Å². The lowest BCUT2D eigenvalue weighted by Gasteiger charge is -2.31. The Hall–Kier alpha value is -0.480. The number of nitrogens with zero attached hydrogens (tertiary/aromatic N) is 1. The van der Waals surface area contributed by atoms with E-state index in [4.69, 9.17) is 9.84 Å². The van der Waals surface area contributed by atoms with Crippen molar-refractivity contribution in [2.45, 2.75) is 29.9 Å². The molecule has 3 rings (SSSR count). The maximum Gasteiger partial charge on any atom is 0.345 e. The van der Waals surface area contributed by atoms with Crippen LogP contribution in [0.2, 0.25) is 0 Å². The summed E-state index contributed by atoms with van der Waals surface area (Å²) in [6, 6.07) is 1.21. The molecule has 110 valence electrons. The smallest absolute Gasteiger partial charge is 0.345 e. The highest BCUT2D eigenvalue weighted by Gasteiger charge is 2.40. The van der Waals surface area contributed by atoms with Crippen molar-refractivity contribution in [1.29, 1.82) is 0 Å². The maximum atomic E-state index is 12.6. The van der Waals surface area contributed by atoms with Crippen LogP contribution in [0, 0.1) is 0 Å². The van der Waals surface area contributed by atoms with E-state index < -0.39 is 16.0 Å². The van der Waals surface area contributed by atoms with Gasteiger partial charge in [-0.05, 0) is 34.8 Å². The zero-order valence-corrected chi connectivity index (χ0v) is 13.5. The highest BCUT2D eigenvalue weighted by atomic mass is 79.9. The van der Waals surface area contributed by atoms with Crippen molar-refractivity contribution in [3.63, 3.8) is 0 Å². The topological polar surface area (TPSA) is 83.9 Å². The SMILES string of the molecule is O=C(O)c1cc(S(=O)(=O)N2CC3CCC(C2)O3)c(Br)s1. The minimum absolute atomic E-state index is 0.00619. The lowest BCUT2D eigenvalue weighted by molar-refractivity contribution is -0.0114. The van der Waals surface area contributed by atoms with Gasteiger partial charge < -0.3 is 9.84 Å². The molecule has 0 amide bonds. The van der Waals surface area contributed by atoms with Crippen LogP contribution in [0.25, 0.3) is 0 Å². The number of hydrogen-bond acceptors (Lipinski definition) is 5. The molecule has 2 aliphatic heterocycles. The molecule has 0 saturated carbocycles. The molecule has 20 heavy (non-hydrogen) atoms. The predicted molar refractivity (Wildman–Crippen MR) is 75.6 cm³/mol. The molecule has 1 aromatic heterocycles. The van der Waals surface area contributed by atoms with Crippen LogP contribution in [-0.4, -0.2) is 49.1 Å². The third-order valence-corrected chi connectivity index (χ3v) is 7.57. The van der Waals surface area contributed by atoms with Crippen molar-refractivity contribution in [2.75, 3.05) is 13.1 Å². The summed E-state index contributed by atoms with van der Waals surface area (Å²) < 4.78 is 32.6. The number of fused-ring (bicyclic) bond motifs is 2. The summed E-state index contributed by atoms with van der Waals surface area (Å²) in [7, 11) is -3.68. The average Bonchev–Trinajstić information content (AvgIpc) is 2.93. The number of aromatic carboxylic acids is 1. The molecule has 6 nitrogen and oxygen atoms in total. The second kappa shape index (κ2) is 5.06. The normalized spacial score (nSPS) is 26.9. The van der Waals surface area contributed by atoms with E-state index >= 15 is 0 Å². The Balaban J connectivity index is 1.94. The number of carboxylic acids is 1. The van der Waals surface area contributed by atoms with Crippen molar-refractivity contribution in [1.82, 2.24) is 4.31 Å². The molecule has 0 spiro atoms. The first kappa shape index (κ1) is 14.5. The second-order valence-corrected chi connectivity index (χ2v) is 9.11. The van der Waals surface area contributed by atoms with Gasteiger partial charge in [0, 0.05) is 13.1 Å². The minimum atomic E-state index is -3.68. The summed E-state index contributed by atoms with van der Waals surface area (Å²) in [6.07, 6.45) is 1.67. The molecule has 2 saturated heterocycles. The number of ether oxygens (including phenoxy) is 1. The summed E-state index contributed by atoms with van der Waals surface area (Å²) in [5.41, 5.74) is 0. The van der Waals surface area contributed by atoms with Gasteiger partial charge in [0.25, 0.3) is 0 Å². The van der Waals surface area contributed by atoms with Crippen molar-refractivity contribution in [3.05, 3.63) is 14.7 Å². The number of morpholine rings is 1. The lowest BCUT2D eigenvalue weighted by atomic mass is 10.2. The molecule has 2 atom stereocenters. The fourth-order valence-electron chi connectivity index (χ4n) is 2.55. The Morgan fingerprint density at radius 1 is 1.40 bits per heavy atom. The van der Waals surface area contributed by atoms with Gasteiger partial charge in [-0.15, -0.1) is 11.3 Å². The molecule has 2 unspecified atom stereocenters. The van der Waals surface area contributed by atoms with Crippen LogP contribution >= 0.6 is 27.3 Å². The first-order valence-electron chi connectivity index (χ1n) is 6.06. The van der Waals surface area contributed by atoms with Gasteiger partial charge in [-0.3, -0.25) is 0 Å². The molecule has 0 aliphatic carbocycles. The molecular weight excluding hydrogens is 370 g/mol. The molecule has 2 bridgehead atoms. The zero-order chi connectivity index (χ0) is 14.5. The van der Waals surface area contributed by atoms with E-state index in [1.807, 2.05) is 0 Å². The van der Waals surface area contributed by atoms with Gasteiger partial charge in [0.15, 0.2) is 0 Å². The van der Waals surface area contributed by atoms with Crippen LogP contribution in [-0.2, 0) is 14.8 Å². The third kappa shape index (κ3) is 2.41. The molecule has 0 radical (unpaired) electrons. The van der Waals surface area contributed by atoms with E-state index in [-0.39, 0.29) is 22.0 Å². The van der Waals surface area contributed by atoms with Gasteiger partial charge in [-0.25, -0.2) is 13.2 Å². The molecule has 2 aliphatic rings. The average molecular weight is 382 g/mol. The van der Waals surface area contributed by atoms with Gasteiger partial charge in [-0.2, -0.15) is 4.31 Å². The summed E-state index contributed by atoms with van der Waals surface area (Å²) in [4.78, 5) is 11.0. The number of thiophene rings is 1. The van der Waals surface area contributed by atoms with E-state index in [2.05, 4.69) is 15.9 Å². The molecule has 0 aromatic carbocycles. The summed E-state index contributed by atoms with van der Waals surface area (Å²) in [6.45, 7) is 0.674. The molecule has 9 heteroatoms. The van der Waals surface area contributed by atoms with Crippen LogP contribution in [0.5, 0.6) is 0 Å². The van der Waals surface area contributed by atoms with Gasteiger partial charge >= 0.3 is 5.97 Å². The van der Waals surface area contributed by atoms with Crippen molar-refractivity contribution >= 4 is 43.3 Å². The third-order valence-electron chi connectivity index (χ3n) is 3.49. The summed E-state index contributed by atoms with van der Waals surface area (Å²) in [5.74, 6) is -1.13. The standard InChI is InChI=1S/C11H12BrNO5S2/c12-10-9(3-8(19-10)11(14)15)20(16,17)13-4-6-1-2-7(5-13)18-6/h3,6-7H,1-2,4-5H2,(H,14,15). The summed E-state index contributed by atoms with van der Waals surface area (Å²) >= 11 is 4.06. The van der Waals surface area contributed by atoms with Gasteiger partial charge in [-0.1, -0.05) is 0 Å². The van der Waals surface area contributed by atoms with E-state index in [9.17, 15) is 13.2 Å². The van der Waals surface area contributed by atoms with Gasteiger partial charge in [0.05, 0.1) is 16.0 Å². The Kier molecular flexibility index (Phi) is 3.66. The number of hydrogen-bond donors (Lipinski definition) is 1. The monoisotopic (exact) mass is 381 g/mol. The number of carbonyl (C=O) groups is 1. The Morgan fingerprint density at radius 2 is 2.00 bits per heavy atom. The van der Waals surface area contributed by atoms with Crippen molar-refractivity contribution < 1.29 is 23.1 Å². The largest absolute Gasteiger partial charge is 0.477 e. The highest BCUT2D eigenvalue weighted by molar-refractivity contribution is 9.11. The lowest BCUT2D eigenvalue weighted by Crippen LogP contribution is -2.45. The second-order valence-electron chi connectivity index (χ2n) is 4.83. The Bertz CT molecular complexity index is 644. The Morgan fingerprint density at radius 3 is 2.50 bits per heavy atom. The maximum absolute atomic E-state index is 12.6. The van der Waals surface area contributed by atoms with Crippen LogP contribution < -0.4 is 0 Å². The van der Waals surface area contributed by atoms with E-state index in [1.165, 1.54) is 10.4 Å². The van der Waals surface area contributed by atoms with Crippen LogP contribution in [0.3, 0.4) is 0 Å². The molecule has 1 N–H and O–H groups in total. The minimum Gasteiger partial charge on any atom is -0.477 e. The van der Waals surface area contributed by atoms with E-state index in [0.29, 0.717) is 16.9 Å². The fraction of sp³-hybridized carbons (Fsp3) is 0.545. The first-order chi connectivity index (χ1) is 9.38. The fourth-order valence-corrected chi connectivity index (χ4v) is 6.40. The van der Waals surface area contributed by atoms with Gasteiger partial charge in [0.1, 0.15) is 9.77 Å². The number of rotatable bonds is 3. The summed E-state index contributed by atoms with van der Waals surface area (Å²) in [5, 5.41) is 8.95. The van der Waals surface area contributed by atoms with Gasteiger partial charge in [0.2, 0.25) is 10.0 Å². The number of halogens is 1. The zero-order valence-electron chi connectivity index (χ0n) is 10.3.